The van der Waals surface area contributed by atoms with Crippen molar-refractivity contribution in [3.63, 3.8) is 0 Å². The lowest BCUT2D eigenvalue weighted by molar-refractivity contribution is 0.610. The van der Waals surface area contributed by atoms with Crippen LogP contribution >= 0.6 is 11.6 Å². The highest BCUT2D eigenvalue weighted by molar-refractivity contribution is 6.28. The number of aromatic nitrogens is 3. The Labute approximate surface area is 112 Å². The van der Waals surface area contributed by atoms with Crippen molar-refractivity contribution in [1.82, 2.24) is 14.8 Å². The number of nitrogens with zero attached hydrogens (tertiary/aromatic N) is 3. The van der Waals surface area contributed by atoms with E-state index in [0.717, 1.165) is 17.3 Å². The first kappa shape index (κ1) is 11.7. The monoisotopic (exact) mass is 261 g/mol. The lowest BCUT2D eigenvalue weighted by Crippen LogP contribution is -2.00. The van der Waals surface area contributed by atoms with E-state index in [-0.39, 0.29) is 0 Å². The van der Waals surface area contributed by atoms with Gasteiger partial charge < -0.3 is 0 Å². The number of hydrogen-bond donors (Lipinski definition) is 0. The van der Waals surface area contributed by atoms with Gasteiger partial charge in [0.05, 0.1) is 0 Å². The maximum absolute atomic E-state index is 6.18. The fourth-order valence-electron chi connectivity index (χ4n) is 2.58. The molecule has 18 heavy (non-hydrogen) atoms. The zero-order chi connectivity index (χ0) is 12.5. The molecule has 3 nitrogen and oxygen atoms in total. The molecule has 0 bridgehead atoms. The molecule has 1 aliphatic carbocycles. The number of rotatable bonds is 4. The average Bonchev–Trinajstić information content (AvgIpc) is 3.04. The topological polar surface area (TPSA) is 30.7 Å². The van der Waals surface area contributed by atoms with Crippen molar-refractivity contribution in [3.8, 4) is 11.4 Å². The normalized spacial score (nSPS) is 22.1. The Hall–Kier alpha value is -1.35. The van der Waals surface area contributed by atoms with Crippen LogP contribution in [0.5, 0.6) is 0 Å². The Morgan fingerprint density at radius 1 is 1.28 bits per heavy atom. The summed E-state index contributed by atoms with van der Waals surface area (Å²) < 4.78 is 2.09. The third-order valence-electron chi connectivity index (χ3n) is 3.56. The Balaban J connectivity index is 1.94. The molecule has 3 rings (SSSR count). The molecule has 1 aliphatic rings. The highest BCUT2D eigenvalue weighted by atomic mass is 35.5. The third kappa shape index (κ3) is 2.03. The van der Waals surface area contributed by atoms with Gasteiger partial charge in [-0.05, 0) is 30.4 Å². The van der Waals surface area contributed by atoms with Crippen molar-refractivity contribution in [2.45, 2.75) is 32.2 Å². The summed E-state index contributed by atoms with van der Waals surface area (Å²) in [5, 5.41) is 8.76. The maximum Gasteiger partial charge on any atom is 0.225 e. The largest absolute Gasteiger partial charge is 0.294 e. The van der Waals surface area contributed by atoms with Crippen LogP contribution in [0.1, 0.15) is 32.2 Å². The van der Waals surface area contributed by atoms with E-state index in [2.05, 4.69) is 21.7 Å². The molecule has 1 aromatic carbocycles. The maximum atomic E-state index is 6.18. The van der Waals surface area contributed by atoms with Crippen molar-refractivity contribution in [1.29, 1.82) is 0 Å². The molecular weight excluding hydrogens is 246 g/mol. The first-order valence-corrected chi connectivity index (χ1v) is 6.85. The summed E-state index contributed by atoms with van der Waals surface area (Å²) in [6.07, 6.45) is 3.68. The van der Waals surface area contributed by atoms with E-state index in [9.17, 15) is 0 Å². The van der Waals surface area contributed by atoms with Crippen LogP contribution in [0.25, 0.3) is 11.4 Å². The van der Waals surface area contributed by atoms with Crippen LogP contribution in [-0.2, 0) is 0 Å². The van der Waals surface area contributed by atoms with Crippen LogP contribution in [0.15, 0.2) is 30.3 Å². The minimum atomic E-state index is 0.489. The standard InChI is InChI=1S/C14H16ClN3/c1-2-6-11-9-12(11)18-13(16-17-14(18)15)10-7-4-3-5-8-10/h3-5,7-8,11-12H,2,6,9H2,1H3. The second-order valence-corrected chi connectivity index (χ2v) is 5.22. The zero-order valence-corrected chi connectivity index (χ0v) is 11.1. The van der Waals surface area contributed by atoms with Gasteiger partial charge in [0.25, 0.3) is 0 Å². The molecule has 94 valence electrons. The number of halogens is 1. The first-order valence-electron chi connectivity index (χ1n) is 6.47. The molecular formula is C14H16ClN3. The molecule has 2 unspecified atom stereocenters. The second kappa shape index (κ2) is 4.73. The molecule has 1 fully saturated rings. The number of benzene rings is 1. The van der Waals surface area contributed by atoms with Gasteiger partial charge in [-0.15, -0.1) is 10.2 Å². The smallest absolute Gasteiger partial charge is 0.225 e. The highest BCUT2D eigenvalue weighted by Crippen LogP contribution is 2.49. The fourth-order valence-corrected chi connectivity index (χ4v) is 2.82. The molecule has 0 spiro atoms. The SMILES string of the molecule is CCCC1CC1n1c(Cl)nnc1-c1ccccc1. The molecule has 0 aliphatic heterocycles. The summed E-state index contributed by atoms with van der Waals surface area (Å²) >= 11 is 6.18. The van der Waals surface area contributed by atoms with Crippen LogP contribution in [0.2, 0.25) is 5.28 Å². The Bertz CT molecular complexity index is 535. The molecule has 1 heterocycles. The van der Waals surface area contributed by atoms with E-state index in [1.165, 1.54) is 19.3 Å². The van der Waals surface area contributed by atoms with E-state index in [4.69, 9.17) is 11.6 Å². The molecule has 1 aromatic heterocycles. The first-order chi connectivity index (χ1) is 8.81. The third-order valence-corrected chi connectivity index (χ3v) is 3.82. The molecule has 1 saturated carbocycles. The molecule has 2 aromatic rings. The van der Waals surface area contributed by atoms with Crippen LogP contribution in [0.4, 0.5) is 0 Å². The Morgan fingerprint density at radius 3 is 2.78 bits per heavy atom. The van der Waals surface area contributed by atoms with Gasteiger partial charge in [0.2, 0.25) is 5.28 Å². The summed E-state index contributed by atoms with van der Waals surface area (Å²) in [4.78, 5) is 0. The van der Waals surface area contributed by atoms with Gasteiger partial charge in [0.1, 0.15) is 0 Å². The summed E-state index contributed by atoms with van der Waals surface area (Å²) in [5.74, 6) is 1.63. The van der Waals surface area contributed by atoms with E-state index in [0.29, 0.717) is 11.3 Å². The van der Waals surface area contributed by atoms with Gasteiger partial charge in [-0.1, -0.05) is 43.7 Å². The molecule has 0 saturated heterocycles. The van der Waals surface area contributed by atoms with Gasteiger partial charge in [0, 0.05) is 11.6 Å². The van der Waals surface area contributed by atoms with Crippen molar-refractivity contribution in [2.75, 3.05) is 0 Å². The molecule has 4 heteroatoms. The zero-order valence-electron chi connectivity index (χ0n) is 10.4. The summed E-state index contributed by atoms with van der Waals surface area (Å²) in [5.41, 5.74) is 1.08. The van der Waals surface area contributed by atoms with E-state index in [1.807, 2.05) is 30.3 Å². The summed E-state index contributed by atoms with van der Waals surface area (Å²) in [6.45, 7) is 2.22. The molecule has 0 amide bonds. The number of hydrogen-bond acceptors (Lipinski definition) is 2. The van der Waals surface area contributed by atoms with Gasteiger partial charge in [-0.3, -0.25) is 4.57 Å². The van der Waals surface area contributed by atoms with E-state index in [1.54, 1.807) is 0 Å². The van der Waals surface area contributed by atoms with Gasteiger partial charge in [0.15, 0.2) is 5.82 Å². The van der Waals surface area contributed by atoms with Crippen molar-refractivity contribution in [3.05, 3.63) is 35.6 Å². The van der Waals surface area contributed by atoms with Crippen molar-refractivity contribution < 1.29 is 0 Å². The molecule has 0 radical (unpaired) electrons. The van der Waals surface area contributed by atoms with Crippen molar-refractivity contribution >= 4 is 11.6 Å². The summed E-state index contributed by atoms with van der Waals surface area (Å²) in [7, 11) is 0. The van der Waals surface area contributed by atoms with E-state index >= 15 is 0 Å². The second-order valence-electron chi connectivity index (χ2n) is 4.88. The minimum absolute atomic E-state index is 0.489. The van der Waals surface area contributed by atoms with Gasteiger partial charge in [-0.2, -0.15) is 0 Å². The Kier molecular flexibility index (Phi) is 3.08. The predicted octanol–water partition coefficient (Wildman–Crippen LogP) is 3.96. The van der Waals surface area contributed by atoms with Crippen LogP contribution in [-0.4, -0.2) is 14.8 Å². The van der Waals surface area contributed by atoms with Crippen LogP contribution in [0.3, 0.4) is 0 Å². The molecule has 2 atom stereocenters. The minimum Gasteiger partial charge on any atom is -0.294 e. The van der Waals surface area contributed by atoms with Gasteiger partial charge >= 0.3 is 0 Å². The van der Waals surface area contributed by atoms with Crippen molar-refractivity contribution in [2.24, 2.45) is 5.92 Å². The van der Waals surface area contributed by atoms with Crippen LogP contribution in [0, 0.1) is 5.92 Å². The van der Waals surface area contributed by atoms with Crippen LogP contribution < -0.4 is 0 Å². The lowest BCUT2D eigenvalue weighted by atomic mass is 10.2. The fraction of sp³-hybridized carbons (Fsp3) is 0.429. The van der Waals surface area contributed by atoms with E-state index < -0.39 is 0 Å². The molecule has 0 N–H and O–H groups in total. The quantitative estimate of drug-likeness (QED) is 0.834. The summed E-state index contributed by atoms with van der Waals surface area (Å²) in [6, 6.07) is 10.6. The van der Waals surface area contributed by atoms with Gasteiger partial charge in [-0.25, -0.2) is 0 Å². The Morgan fingerprint density at radius 2 is 2.06 bits per heavy atom. The lowest BCUT2D eigenvalue weighted by Gasteiger charge is -2.07. The highest BCUT2D eigenvalue weighted by Gasteiger charge is 2.40. The average molecular weight is 262 g/mol. The predicted molar refractivity (Wildman–Crippen MR) is 72.5 cm³/mol.